The van der Waals surface area contributed by atoms with Crippen LogP contribution in [-0.4, -0.2) is 6.54 Å². The van der Waals surface area contributed by atoms with E-state index in [1.807, 2.05) is 6.07 Å². The van der Waals surface area contributed by atoms with Gasteiger partial charge in [-0.15, -0.1) is 0 Å². The first-order chi connectivity index (χ1) is 9.74. The monoisotopic (exact) mass is 277 g/mol. The first-order valence-corrected chi connectivity index (χ1v) is 8.23. The lowest BCUT2D eigenvalue weighted by Gasteiger charge is -2.35. The van der Waals surface area contributed by atoms with E-state index in [0.29, 0.717) is 12.0 Å². The van der Waals surface area contributed by atoms with Crippen molar-refractivity contribution in [3.8, 4) is 0 Å². The Morgan fingerprint density at radius 3 is 2.85 bits per heavy atom. The highest BCUT2D eigenvalue weighted by atomic mass is 19.1. The maximum Gasteiger partial charge on any atom is 0.123 e. The van der Waals surface area contributed by atoms with E-state index < -0.39 is 0 Å². The molecule has 1 aliphatic rings. The Hall–Kier alpha value is -0.890. The minimum Gasteiger partial charge on any atom is -0.310 e. The van der Waals surface area contributed by atoms with Crippen molar-refractivity contribution in [1.82, 2.24) is 5.32 Å². The van der Waals surface area contributed by atoms with Crippen LogP contribution in [0.4, 0.5) is 4.39 Å². The average Bonchev–Trinajstić information content (AvgIpc) is 2.48. The molecule has 3 unspecified atom stereocenters. The largest absolute Gasteiger partial charge is 0.310 e. The van der Waals surface area contributed by atoms with Gasteiger partial charge in [0.1, 0.15) is 5.82 Å². The molecular formula is C18H28FN. The fourth-order valence-corrected chi connectivity index (χ4v) is 3.56. The van der Waals surface area contributed by atoms with Gasteiger partial charge in [-0.2, -0.15) is 0 Å². The predicted octanol–water partition coefficient (Wildman–Crippen LogP) is 5.08. The van der Waals surface area contributed by atoms with Gasteiger partial charge in [0, 0.05) is 6.04 Å². The fraction of sp³-hybridized carbons (Fsp3) is 0.667. The summed E-state index contributed by atoms with van der Waals surface area (Å²) in [6.07, 6.45) is 7.65. The number of nitrogens with one attached hydrogen (secondary N) is 1. The molecule has 0 heterocycles. The molecule has 0 amide bonds. The van der Waals surface area contributed by atoms with E-state index in [4.69, 9.17) is 0 Å². The van der Waals surface area contributed by atoms with E-state index >= 15 is 0 Å². The minimum atomic E-state index is -0.117. The van der Waals surface area contributed by atoms with Crippen LogP contribution in [0.1, 0.15) is 64.0 Å². The summed E-state index contributed by atoms with van der Waals surface area (Å²) in [5.41, 5.74) is 1.13. The van der Waals surface area contributed by atoms with Crippen LogP contribution in [-0.2, 0) is 0 Å². The predicted molar refractivity (Wildman–Crippen MR) is 83.2 cm³/mol. The molecule has 0 bridgehead atoms. The van der Waals surface area contributed by atoms with E-state index in [2.05, 4.69) is 25.2 Å². The summed E-state index contributed by atoms with van der Waals surface area (Å²) in [4.78, 5) is 0. The summed E-state index contributed by atoms with van der Waals surface area (Å²) >= 11 is 0. The van der Waals surface area contributed by atoms with Gasteiger partial charge < -0.3 is 5.32 Å². The highest BCUT2D eigenvalue weighted by Gasteiger charge is 2.28. The molecule has 112 valence electrons. The maximum atomic E-state index is 13.5. The normalized spacial score (nSPS) is 24.6. The van der Waals surface area contributed by atoms with Crippen LogP contribution in [0.5, 0.6) is 0 Å². The lowest BCUT2D eigenvalue weighted by Crippen LogP contribution is -2.32. The van der Waals surface area contributed by atoms with Gasteiger partial charge in [0.15, 0.2) is 0 Å². The lowest BCUT2D eigenvalue weighted by atomic mass is 9.75. The van der Waals surface area contributed by atoms with Gasteiger partial charge in [-0.05, 0) is 55.3 Å². The molecule has 0 aliphatic heterocycles. The SMILES string of the molecule is CCCNC(c1cccc(F)c1)C1CCCC(CC)C1. The Kier molecular flexibility index (Phi) is 6.03. The average molecular weight is 277 g/mol. The zero-order valence-corrected chi connectivity index (χ0v) is 12.9. The fourth-order valence-electron chi connectivity index (χ4n) is 3.56. The number of rotatable bonds is 6. The molecule has 0 saturated heterocycles. The van der Waals surface area contributed by atoms with Gasteiger partial charge in [-0.25, -0.2) is 4.39 Å². The summed E-state index contributed by atoms with van der Waals surface area (Å²) in [6, 6.07) is 7.48. The van der Waals surface area contributed by atoms with Crippen molar-refractivity contribution >= 4 is 0 Å². The highest BCUT2D eigenvalue weighted by Crippen LogP contribution is 2.38. The molecule has 1 N–H and O–H groups in total. The van der Waals surface area contributed by atoms with Crippen LogP contribution in [0.25, 0.3) is 0 Å². The Labute approximate surface area is 123 Å². The van der Waals surface area contributed by atoms with Crippen LogP contribution in [0.3, 0.4) is 0 Å². The number of hydrogen-bond donors (Lipinski definition) is 1. The zero-order valence-electron chi connectivity index (χ0n) is 12.9. The number of benzene rings is 1. The molecular weight excluding hydrogens is 249 g/mol. The second-order valence-corrected chi connectivity index (χ2v) is 6.19. The van der Waals surface area contributed by atoms with Gasteiger partial charge in [-0.3, -0.25) is 0 Å². The van der Waals surface area contributed by atoms with Gasteiger partial charge in [0.2, 0.25) is 0 Å². The molecule has 0 radical (unpaired) electrons. The van der Waals surface area contributed by atoms with Crippen LogP contribution in [0, 0.1) is 17.7 Å². The number of hydrogen-bond acceptors (Lipinski definition) is 1. The summed E-state index contributed by atoms with van der Waals surface area (Å²) in [6.45, 7) is 5.49. The van der Waals surface area contributed by atoms with Crippen LogP contribution in [0.15, 0.2) is 24.3 Å². The van der Waals surface area contributed by atoms with Crippen molar-refractivity contribution in [3.05, 3.63) is 35.6 Å². The summed E-state index contributed by atoms with van der Waals surface area (Å²) < 4.78 is 13.5. The molecule has 1 saturated carbocycles. The Bertz CT molecular complexity index is 404. The lowest BCUT2D eigenvalue weighted by molar-refractivity contribution is 0.209. The van der Waals surface area contributed by atoms with Gasteiger partial charge in [0.05, 0.1) is 0 Å². The molecule has 1 nitrogen and oxygen atoms in total. The van der Waals surface area contributed by atoms with Gasteiger partial charge >= 0.3 is 0 Å². The van der Waals surface area contributed by atoms with E-state index in [-0.39, 0.29) is 5.82 Å². The molecule has 1 aliphatic carbocycles. The molecule has 1 aromatic carbocycles. The van der Waals surface area contributed by atoms with Crippen molar-refractivity contribution in [2.75, 3.05) is 6.54 Å². The van der Waals surface area contributed by atoms with Crippen LogP contribution < -0.4 is 5.32 Å². The topological polar surface area (TPSA) is 12.0 Å². The molecule has 0 aromatic heterocycles. The summed E-state index contributed by atoms with van der Waals surface area (Å²) in [5, 5.41) is 3.66. The second kappa shape index (κ2) is 7.78. The first-order valence-electron chi connectivity index (χ1n) is 8.23. The number of halogens is 1. The van der Waals surface area contributed by atoms with E-state index in [1.165, 1.54) is 38.2 Å². The van der Waals surface area contributed by atoms with Crippen molar-refractivity contribution in [3.63, 3.8) is 0 Å². The second-order valence-electron chi connectivity index (χ2n) is 6.19. The van der Waals surface area contributed by atoms with E-state index in [0.717, 1.165) is 24.4 Å². The van der Waals surface area contributed by atoms with Crippen molar-refractivity contribution < 1.29 is 4.39 Å². The molecule has 3 atom stereocenters. The van der Waals surface area contributed by atoms with Crippen molar-refractivity contribution in [1.29, 1.82) is 0 Å². The van der Waals surface area contributed by atoms with Crippen molar-refractivity contribution in [2.45, 2.75) is 58.4 Å². The zero-order chi connectivity index (χ0) is 14.4. The standard InChI is InChI=1S/C18H28FN/c1-3-11-20-18(16-9-6-10-17(19)13-16)15-8-5-7-14(4-2)12-15/h6,9-10,13-15,18,20H,3-5,7-8,11-12H2,1-2H3. The third-order valence-corrected chi connectivity index (χ3v) is 4.69. The van der Waals surface area contributed by atoms with Gasteiger partial charge in [-0.1, -0.05) is 45.2 Å². The quantitative estimate of drug-likeness (QED) is 0.764. The Morgan fingerprint density at radius 1 is 1.30 bits per heavy atom. The van der Waals surface area contributed by atoms with Crippen molar-refractivity contribution in [2.24, 2.45) is 11.8 Å². The molecule has 20 heavy (non-hydrogen) atoms. The minimum absolute atomic E-state index is 0.117. The smallest absolute Gasteiger partial charge is 0.123 e. The van der Waals surface area contributed by atoms with Crippen LogP contribution in [0.2, 0.25) is 0 Å². The molecule has 1 fully saturated rings. The Balaban J connectivity index is 2.14. The Morgan fingerprint density at radius 2 is 2.15 bits per heavy atom. The first kappa shape index (κ1) is 15.5. The molecule has 2 heteroatoms. The molecule has 2 rings (SSSR count). The van der Waals surface area contributed by atoms with Crippen LogP contribution >= 0.6 is 0 Å². The molecule has 0 spiro atoms. The summed E-state index contributed by atoms with van der Waals surface area (Å²) in [5.74, 6) is 1.39. The summed E-state index contributed by atoms with van der Waals surface area (Å²) in [7, 11) is 0. The third-order valence-electron chi connectivity index (χ3n) is 4.69. The molecule has 1 aromatic rings. The highest BCUT2D eigenvalue weighted by molar-refractivity contribution is 5.21. The van der Waals surface area contributed by atoms with Gasteiger partial charge in [0.25, 0.3) is 0 Å². The van der Waals surface area contributed by atoms with E-state index in [1.54, 1.807) is 6.07 Å². The maximum absolute atomic E-state index is 13.5. The van der Waals surface area contributed by atoms with E-state index in [9.17, 15) is 4.39 Å². The third kappa shape index (κ3) is 4.05.